The van der Waals surface area contributed by atoms with Gasteiger partial charge in [0, 0.05) is 12.4 Å². The lowest BCUT2D eigenvalue weighted by Crippen LogP contribution is -2.30. The number of hydrogen-bond acceptors (Lipinski definition) is 4. The minimum absolute atomic E-state index is 0.00755. The molecule has 1 aliphatic carbocycles. The Morgan fingerprint density at radius 3 is 2.89 bits per heavy atom. The fraction of sp³-hybridized carbons (Fsp3) is 0.333. The van der Waals surface area contributed by atoms with Gasteiger partial charge in [-0.15, -0.1) is 0 Å². The van der Waals surface area contributed by atoms with Gasteiger partial charge < -0.3 is 0 Å². The summed E-state index contributed by atoms with van der Waals surface area (Å²) in [6.07, 6.45) is 9.67. The van der Waals surface area contributed by atoms with Gasteiger partial charge in [0.1, 0.15) is 0 Å². The molecule has 0 amide bonds. The quantitative estimate of drug-likeness (QED) is 0.644. The average molecular weight is 254 g/mol. The van der Waals surface area contributed by atoms with Crippen LogP contribution in [0.1, 0.15) is 34.8 Å². The fourth-order valence-electron chi connectivity index (χ4n) is 2.73. The van der Waals surface area contributed by atoms with Crippen molar-refractivity contribution >= 4 is 0 Å². The molecule has 1 aromatic heterocycles. The Labute approximate surface area is 113 Å². The van der Waals surface area contributed by atoms with Crippen LogP contribution in [0.25, 0.3) is 0 Å². The first kappa shape index (κ1) is 12.3. The summed E-state index contributed by atoms with van der Waals surface area (Å²) in [6, 6.07) is 6.77. The standard InChI is InChI=1S/C15H18N4/c16-19-14(15-10-17-6-7-18-15)9-11-4-5-12-2-1-3-13(12)8-11/h4-8,10,14,19H,1-3,9,16H2. The number of aryl methyl sites for hydroxylation is 2. The normalized spacial score (nSPS) is 15.2. The van der Waals surface area contributed by atoms with Crippen molar-refractivity contribution in [2.75, 3.05) is 0 Å². The molecule has 1 unspecified atom stereocenters. The van der Waals surface area contributed by atoms with Crippen molar-refractivity contribution in [3.05, 3.63) is 59.2 Å². The van der Waals surface area contributed by atoms with Crippen molar-refractivity contribution < 1.29 is 0 Å². The lowest BCUT2D eigenvalue weighted by Gasteiger charge is -2.15. The largest absolute Gasteiger partial charge is 0.271 e. The molecule has 1 aliphatic rings. The summed E-state index contributed by atoms with van der Waals surface area (Å²) in [5, 5.41) is 0. The van der Waals surface area contributed by atoms with E-state index in [1.807, 2.05) is 0 Å². The van der Waals surface area contributed by atoms with Crippen LogP contribution >= 0.6 is 0 Å². The molecule has 1 aromatic carbocycles. The van der Waals surface area contributed by atoms with Crippen LogP contribution in [0, 0.1) is 0 Å². The lowest BCUT2D eigenvalue weighted by molar-refractivity contribution is 0.536. The predicted molar refractivity (Wildman–Crippen MR) is 74.3 cm³/mol. The Morgan fingerprint density at radius 1 is 1.21 bits per heavy atom. The Kier molecular flexibility index (Phi) is 3.53. The smallest absolute Gasteiger partial charge is 0.0772 e. The molecule has 1 atom stereocenters. The molecular formula is C15H18N4. The van der Waals surface area contributed by atoms with Crippen molar-refractivity contribution in [3.63, 3.8) is 0 Å². The zero-order valence-corrected chi connectivity index (χ0v) is 10.8. The SMILES string of the molecule is NNC(Cc1ccc2c(c1)CCC2)c1cnccn1. The van der Waals surface area contributed by atoms with Crippen LogP contribution in [-0.2, 0) is 19.3 Å². The highest BCUT2D eigenvalue weighted by atomic mass is 15.2. The Morgan fingerprint density at radius 2 is 2.11 bits per heavy atom. The van der Waals surface area contributed by atoms with E-state index >= 15 is 0 Å². The first-order valence-corrected chi connectivity index (χ1v) is 6.69. The zero-order valence-electron chi connectivity index (χ0n) is 10.8. The maximum Gasteiger partial charge on any atom is 0.0772 e. The molecule has 0 spiro atoms. The first-order valence-electron chi connectivity index (χ1n) is 6.69. The number of fused-ring (bicyclic) bond motifs is 1. The summed E-state index contributed by atoms with van der Waals surface area (Å²) in [5.74, 6) is 5.65. The first-order chi connectivity index (χ1) is 9.36. The van der Waals surface area contributed by atoms with E-state index < -0.39 is 0 Å². The molecule has 0 radical (unpaired) electrons. The van der Waals surface area contributed by atoms with Crippen LogP contribution in [0.15, 0.2) is 36.8 Å². The van der Waals surface area contributed by atoms with Crippen molar-refractivity contribution in [1.29, 1.82) is 0 Å². The summed E-state index contributed by atoms with van der Waals surface area (Å²) in [7, 11) is 0. The van der Waals surface area contributed by atoms with Gasteiger partial charge >= 0.3 is 0 Å². The third-order valence-electron chi connectivity index (χ3n) is 3.74. The minimum Gasteiger partial charge on any atom is -0.271 e. The van der Waals surface area contributed by atoms with Crippen LogP contribution in [0.4, 0.5) is 0 Å². The highest BCUT2D eigenvalue weighted by Gasteiger charge is 2.15. The van der Waals surface area contributed by atoms with E-state index in [-0.39, 0.29) is 6.04 Å². The third-order valence-corrected chi connectivity index (χ3v) is 3.74. The molecule has 3 rings (SSSR count). The lowest BCUT2D eigenvalue weighted by atomic mass is 10.00. The van der Waals surface area contributed by atoms with Gasteiger partial charge in [-0.1, -0.05) is 18.2 Å². The van der Waals surface area contributed by atoms with Crippen molar-refractivity contribution in [1.82, 2.24) is 15.4 Å². The second-order valence-electron chi connectivity index (χ2n) is 5.01. The molecule has 2 aromatic rings. The Balaban J connectivity index is 1.80. The molecule has 0 aliphatic heterocycles. The average Bonchev–Trinajstić information content (AvgIpc) is 2.93. The number of hydrogen-bond donors (Lipinski definition) is 2. The van der Waals surface area contributed by atoms with Gasteiger partial charge in [0.2, 0.25) is 0 Å². The highest BCUT2D eigenvalue weighted by Crippen LogP contribution is 2.24. The molecule has 4 nitrogen and oxygen atoms in total. The van der Waals surface area contributed by atoms with Crippen LogP contribution < -0.4 is 11.3 Å². The number of hydrazine groups is 1. The van der Waals surface area contributed by atoms with Crippen LogP contribution in [0.3, 0.4) is 0 Å². The van der Waals surface area contributed by atoms with E-state index in [0.717, 1.165) is 12.1 Å². The van der Waals surface area contributed by atoms with E-state index in [1.54, 1.807) is 18.6 Å². The zero-order chi connectivity index (χ0) is 13.1. The molecule has 4 heteroatoms. The summed E-state index contributed by atoms with van der Waals surface area (Å²) >= 11 is 0. The van der Waals surface area contributed by atoms with E-state index in [0.29, 0.717) is 0 Å². The Hall–Kier alpha value is -1.78. The Bertz CT molecular complexity index is 553. The molecule has 19 heavy (non-hydrogen) atoms. The molecule has 98 valence electrons. The van der Waals surface area contributed by atoms with E-state index in [9.17, 15) is 0 Å². The maximum absolute atomic E-state index is 5.65. The number of nitrogens with one attached hydrogen (secondary N) is 1. The van der Waals surface area contributed by atoms with E-state index in [2.05, 4.69) is 33.6 Å². The van der Waals surface area contributed by atoms with Gasteiger partial charge in [-0.25, -0.2) is 0 Å². The van der Waals surface area contributed by atoms with E-state index in [4.69, 9.17) is 5.84 Å². The maximum atomic E-state index is 5.65. The van der Waals surface area contributed by atoms with Gasteiger partial charge in [0.05, 0.1) is 17.9 Å². The second kappa shape index (κ2) is 5.47. The monoisotopic (exact) mass is 254 g/mol. The summed E-state index contributed by atoms with van der Waals surface area (Å²) in [5.41, 5.74) is 8.01. The summed E-state index contributed by atoms with van der Waals surface area (Å²) in [4.78, 5) is 8.41. The van der Waals surface area contributed by atoms with Crippen molar-refractivity contribution in [3.8, 4) is 0 Å². The van der Waals surface area contributed by atoms with Gasteiger partial charge in [-0.2, -0.15) is 0 Å². The van der Waals surface area contributed by atoms with Gasteiger partial charge in [0.15, 0.2) is 0 Å². The van der Waals surface area contributed by atoms with E-state index in [1.165, 1.54) is 36.0 Å². The molecule has 0 saturated carbocycles. The van der Waals surface area contributed by atoms with Gasteiger partial charge in [-0.05, 0) is 42.4 Å². The molecule has 3 N–H and O–H groups in total. The van der Waals surface area contributed by atoms with Crippen LogP contribution in [0.5, 0.6) is 0 Å². The van der Waals surface area contributed by atoms with Crippen molar-refractivity contribution in [2.45, 2.75) is 31.7 Å². The number of benzene rings is 1. The molecular weight excluding hydrogens is 236 g/mol. The molecule has 0 saturated heterocycles. The molecule has 0 bridgehead atoms. The second-order valence-corrected chi connectivity index (χ2v) is 5.01. The van der Waals surface area contributed by atoms with Gasteiger partial charge in [-0.3, -0.25) is 21.2 Å². The topological polar surface area (TPSA) is 63.8 Å². The third kappa shape index (κ3) is 2.64. The van der Waals surface area contributed by atoms with Crippen LogP contribution in [-0.4, -0.2) is 9.97 Å². The molecule has 0 fully saturated rings. The molecule has 1 heterocycles. The summed E-state index contributed by atoms with van der Waals surface area (Å²) < 4.78 is 0. The predicted octanol–water partition coefficient (Wildman–Crippen LogP) is 1.71. The summed E-state index contributed by atoms with van der Waals surface area (Å²) in [6.45, 7) is 0. The van der Waals surface area contributed by atoms with Gasteiger partial charge in [0.25, 0.3) is 0 Å². The minimum atomic E-state index is 0.00755. The number of nitrogens with two attached hydrogens (primary N) is 1. The number of nitrogens with zero attached hydrogens (tertiary/aromatic N) is 2. The van der Waals surface area contributed by atoms with Crippen molar-refractivity contribution in [2.24, 2.45) is 5.84 Å². The highest BCUT2D eigenvalue weighted by molar-refractivity contribution is 5.35. The number of rotatable bonds is 4. The fourth-order valence-corrected chi connectivity index (χ4v) is 2.73. The number of aromatic nitrogens is 2. The van der Waals surface area contributed by atoms with Crippen LogP contribution in [0.2, 0.25) is 0 Å².